The quantitative estimate of drug-likeness (QED) is 0.841. The lowest BCUT2D eigenvalue weighted by molar-refractivity contribution is -0.122. The number of hydrazone groups is 1. The molecule has 2 aromatic rings. The fraction of sp³-hybridized carbons (Fsp3) is 0.333. The van der Waals surface area contributed by atoms with Crippen LogP contribution in [0, 0.1) is 5.82 Å². The molecule has 3 aliphatic rings. The molecule has 28 heavy (non-hydrogen) atoms. The lowest BCUT2D eigenvalue weighted by Crippen LogP contribution is -2.55. The van der Waals surface area contributed by atoms with Gasteiger partial charge >= 0.3 is 0 Å². The third-order valence-electron chi connectivity index (χ3n) is 5.75. The smallest absolute Gasteiger partial charge is 0.262 e. The van der Waals surface area contributed by atoms with Gasteiger partial charge in [0.25, 0.3) is 5.91 Å². The average molecular weight is 380 g/mol. The molecule has 5 rings (SSSR count). The number of fused-ring (bicyclic) bond motifs is 3. The zero-order valence-corrected chi connectivity index (χ0v) is 15.5. The second-order valence-electron chi connectivity index (χ2n) is 7.42. The lowest BCUT2D eigenvalue weighted by Gasteiger charge is -2.38. The molecule has 0 aromatic heterocycles. The van der Waals surface area contributed by atoms with Crippen molar-refractivity contribution in [1.29, 1.82) is 0 Å². The number of nitrogens with zero attached hydrogens (tertiary/aromatic N) is 2. The maximum Gasteiger partial charge on any atom is 0.262 e. The molecule has 0 spiro atoms. The number of rotatable bonds is 2. The summed E-state index contributed by atoms with van der Waals surface area (Å²) in [4.78, 5) is 14.1. The Labute approximate surface area is 162 Å². The van der Waals surface area contributed by atoms with Crippen molar-refractivity contribution in [1.82, 2.24) is 10.7 Å². The molecule has 144 valence electrons. The van der Waals surface area contributed by atoms with E-state index in [-0.39, 0.29) is 30.3 Å². The highest BCUT2D eigenvalue weighted by Crippen LogP contribution is 2.44. The highest BCUT2D eigenvalue weighted by molar-refractivity contribution is 6.09. The molecule has 2 aromatic carbocycles. The van der Waals surface area contributed by atoms with Crippen LogP contribution in [0.25, 0.3) is 11.1 Å². The lowest BCUT2D eigenvalue weighted by atomic mass is 9.88. The minimum Gasteiger partial charge on any atom is -0.483 e. The van der Waals surface area contributed by atoms with Crippen LogP contribution in [0.4, 0.5) is 10.1 Å². The van der Waals surface area contributed by atoms with Crippen LogP contribution in [0.1, 0.15) is 24.8 Å². The number of carbonyl (C=O) groups is 1. The first kappa shape index (κ1) is 17.2. The van der Waals surface area contributed by atoms with Crippen LogP contribution in [0.15, 0.2) is 41.5 Å². The molecule has 0 unspecified atom stereocenters. The molecule has 0 radical (unpaired) electrons. The van der Waals surface area contributed by atoms with Gasteiger partial charge in [-0.15, -0.1) is 0 Å². The summed E-state index contributed by atoms with van der Waals surface area (Å²) in [5, 5.41) is 7.54. The van der Waals surface area contributed by atoms with Gasteiger partial charge in [0.15, 0.2) is 5.84 Å². The van der Waals surface area contributed by atoms with Crippen LogP contribution in [-0.4, -0.2) is 37.5 Å². The monoisotopic (exact) mass is 380 g/mol. The Bertz CT molecular complexity index is 984. The molecule has 0 bridgehead atoms. The number of hydrogen-bond acceptors (Lipinski definition) is 5. The number of carbonyl (C=O) groups excluding carboxylic acids is 1. The summed E-state index contributed by atoms with van der Waals surface area (Å²) >= 11 is 0. The normalized spacial score (nSPS) is 23.4. The molecule has 2 atom stereocenters. The second kappa shape index (κ2) is 6.60. The van der Waals surface area contributed by atoms with E-state index < -0.39 is 0 Å². The van der Waals surface area contributed by atoms with Gasteiger partial charge in [-0.05, 0) is 55.1 Å². The number of amidine groups is 1. The van der Waals surface area contributed by atoms with Crippen molar-refractivity contribution in [3.8, 4) is 16.9 Å². The van der Waals surface area contributed by atoms with Crippen LogP contribution >= 0.6 is 0 Å². The number of halogens is 1. The predicted molar refractivity (Wildman–Crippen MR) is 105 cm³/mol. The summed E-state index contributed by atoms with van der Waals surface area (Å²) in [6, 6.07) is 10.4. The molecule has 0 saturated carbocycles. The first-order chi connectivity index (χ1) is 13.6. The Morgan fingerprint density at radius 1 is 1.25 bits per heavy atom. The molecule has 3 aliphatic heterocycles. The molecule has 6 nitrogen and oxygen atoms in total. The summed E-state index contributed by atoms with van der Waals surface area (Å²) < 4.78 is 20.6. The maximum atomic E-state index is 14.6. The Morgan fingerprint density at radius 2 is 2.11 bits per heavy atom. The minimum atomic E-state index is -0.385. The van der Waals surface area contributed by atoms with E-state index in [1.165, 1.54) is 6.07 Å². The minimum absolute atomic E-state index is 0.154. The Balaban J connectivity index is 1.70. The van der Waals surface area contributed by atoms with Gasteiger partial charge in [0, 0.05) is 12.1 Å². The number of nitrogens with one attached hydrogen (secondary N) is 2. The largest absolute Gasteiger partial charge is 0.483 e. The number of benzene rings is 2. The zero-order valence-electron chi connectivity index (χ0n) is 15.5. The molecule has 3 heterocycles. The third-order valence-corrected chi connectivity index (χ3v) is 5.75. The van der Waals surface area contributed by atoms with Crippen molar-refractivity contribution in [2.45, 2.75) is 25.3 Å². The van der Waals surface area contributed by atoms with Gasteiger partial charge in [-0.1, -0.05) is 18.2 Å². The molecular formula is C21H21FN4O2. The van der Waals surface area contributed by atoms with Crippen LogP contribution in [0.5, 0.6) is 5.75 Å². The van der Waals surface area contributed by atoms with E-state index in [1.54, 1.807) is 12.1 Å². The highest BCUT2D eigenvalue weighted by atomic mass is 19.1. The fourth-order valence-electron chi connectivity index (χ4n) is 4.26. The Hall–Kier alpha value is -2.93. The van der Waals surface area contributed by atoms with Crippen molar-refractivity contribution in [2.24, 2.45) is 5.10 Å². The average Bonchev–Trinajstić information content (AvgIpc) is 3.24. The van der Waals surface area contributed by atoms with E-state index in [0.29, 0.717) is 17.1 Å². The SMILES string of the molecule is C[C@@H]1C(=O)NN=C2COc3cc(-c4ccccc4F)c([C@@H]4CCNC4)cc3N21. The molecule has 1 fully saturated rings. The maximum absolute atomic E-state index is 14.6. The van der Waals surface area contributed by atoms with Crippen molar-refractivity contribution >= 4 is 17.4 Å². The van der Waals surface area contributed by atoms with Gasteiger partial charge in [0.2, 0.25) is 0 Å². The summed E-state index contributed by atoms with van der Waals surface area (Å²) in [7, 11) is 0. The molecule has 1 saturated heterocycles. The van der Waals surface area contributed by atoms with Crippen LogP contribution < -0.4 is 20.4 Å². The highest BCUT2D eigenvalue weighted by Gasteiger charge is 2.36. The van der Waals surface area contributed by atoms with Crippen molar-refractivity contribution in [3.63, 3.8) is 0 Å². The van der Waals surface area contributed by atoms with Crippen LogP contribution in [0.3, 0.4) is 0 Å². The van der Waals surface area contributed by atoms with Gasteiger partial charge in [-0.3, -0.25) is 4.79 Å². The third kappa shape index (κ3) is 2.65. The molecule has 1 amide bonds. The summed E-state index contributed by atoms with van der Waals surface area (Å²) in [6.07, 6.45) is 0.984. The number of ether oxygens (including phenoxy) is 1. The van der Waals surface area contributed by atoms with Crippen molar-refractivity contribution in [2.75, 3.05) is 24.6 Å². The van der Waals surface area contributed by atoms with Crippen LogP contribution in [0.2, 0.25) is 0 Å². The first-order valence-electron chi connectivity index (χ1n) is 9.55. The van der Waals surface area contributed by atoms with E-state index in [4.69, 9.17) is 4.74 Å². The molecule has 2 N–H and O–H groups in total. The van der Waals surface area contributed by atoms with Gasteiger partial charge in [-0.2, -0.15) is 5.10 Å². The molecular weight excluding hydrogens is 359 g/mol. The zero-order chi connectivity index (χ0) is 19.3. The van der Waals surface area contributed by atoms with Gasteiger partial charge in [-0.25, -0.2) is 9.82 Å². The van der Waals surface area contributed by atoms with Gasteiger partial charge in [0.1, 0.15) is 24.2 Å². The topological polar surface area (TPSA) is 66.0 Å². The summed E-state index contributed by atoms with van der Waals surface area (Å²) in [5.41, 5.74) is 5.84. The molecule has 7 heteroatoms. The Morgan fingerprint density at radius 3 is 2.89 bits per heavy atom. The van der Waals surface area contributed by atoms with Crippen molar-refractivity contribution < 1.29 is 13.9 Å². The summed E-state index contributed by atoms with van der Waals surface area (Å²) in [5.74, 6) is 1.19. The van der Waals surface area contributed by atoms with Gasteiger partial charge < -0.3 is 15.0 Å². The van der Waals surface area contributed by atoms with E-state index in [0.717, 1.165) is 36.3 Å². The second-order valence-corrected chi connectivity index (χ2v) is 7.42. The summed E-state index contributed by atoms with van der Waals surface area (Å²) in [6.45, 7) is 3.89. The fourth-order valence-corrected chi connectivity index (χ4v) is 4.26. The van der Waals surface area contributed by atoms with E-state index in [9.17, 15) is 9.18 Å². The van der Waals surface area contributed by atoms with E-state index >= 15 is 0 Å². The number of amides is 1. The number of anilines is 1. The van der Waals surface area contributed by atoms with Crippen molar-refractivity contribution in [3.05, 3.63) is 47.8 Å². The number of hydrogen-bond donors (Lipinski definition) is 2. The van der Waals surface area contributed by atoms with E-state index in [1.807, 2.05) is 24.0 Å². The van der Waals surface area contributed by atoms with E-state index in [2.05, 4.69) is 21.9 Å². The molecule has 0 aliphatic carbocycles. The van der Waals surface area contributed by atoms with Gasteiger partial charge in [0.05, 0.1) is 5.69 Å². The first-order valence-corrected chi connectivity index (χ1v) is 9.55. The Kier molecular flexibility index (Phi) is 4.05. The standard InChI is InChI=1S/C21H21FN4O2/c1-12-21(27)25-24-20-11-28-19-9-16(14-4-2-3-5-17(14)22)15(8-18(19)26(12)20)13-6-7-23-10-13/h2-5,8-9,12-13,23H,6-7,10-11H2,1H3,(H,25,27)/t12-,13-/m1/s1. The predicted octanol–water partition coefficient (Wildman–Crippen LogP) is 2.60. The van der Waals surface area contributed by atoms with Crippen LogP contribution in [-0.2, 0) is 4.79 Å².